The summed E-state index contributed by atoms with van der Waals surface area (Å²) in [6, 6.07) is 13.4. The van der Waals surface area contributed by atoms with E-state index in [0.29, 0.717) is 23.3 Å². The number of thioether (sulfide) groups is 1. The summed E-state index contributed by atoms with van der Waals surface area (Å²) < 4.78 is 1.76. The Morgan fingerprint density at radius 2 is 2.00 bits per heavy atom. The Morgan fingerprint density at radius 3 is 2.72 bits per heavy atom. The summed E-state index contributed by atoms with van der Waals surface area (Å²) in [5, 5.41) is 25.7. The summed E-state index contributed by atoms with van der Waals surface area (Å²) in [7, 11) is 0. The minimum atomic E-state index is -0.450. The Labute approximate surface area is 175 Å². The molecule has 150 valence electrons. The van der Waals surface area contributed by atoms with Gasteiger partial charge in [0.1, 0.15) is 6.33 Å². The zero-order valence-electron chi connectivity index (χ0n) is 15.1. The second-order valence-corrected chi connectivity index (χ2v) is 7.21. The van der Waals surface area contributed by atoms with Gasteiger partial charge in [0, 0.05) is 35.9 Å². The first-order valence-corrected chi connectivity index (χ1v) is 9.93. The molecular weight excluding hydrogens is 416 g/mol. The van der Waals surface area contributed by atoms with E-state index in [9.17, 15) is 14.9 Å². The molecule has 0 bridgehead atoms. The SMILES string of the molecule is O=C(CSc1nncn1-c1cccc(Cl)c1)NCCNc1ccc([N+](=O)[O-])cc1. The van der Waals surface area contributed by atoms with Gasteiger partial charge in [0.05, 0.1) is 16.4 Å². The predicted octanol–water partition coefficient (Wildman–Crippen LogP) is 3.15. The molecule has 3 aromatic rings. The minimum Gasteiger partial charge on any atom is -0.383 e. The number of amides is 1. The van der Waals surface area contributed by atoms with E-state index in [1.54, 1.807) is 35.2 Å². The van der Waals surface area contributed by atoms with Gasteiger partial charge in [-0.25, -0.2) is 0 Å². The number of benzene rings is 2. The summed E-state index contributed by atoms with van der Waals surface area (Å²) >= 11 is 7.29. The number of nitrogens with zero attached hydrogens (tertiary/aromatic N) is 4. The molecule has 0 aliphatic rings. The smallest absolute Gasteiger partial charge is 0.269 e. The third-order valence-electron chi connectivity index (χ3n) is 3.79. The molecule has 0 spiro atoms. The fraction of sp³-hybridized carbons (Fsp3) is 0.167. The molecule has 0 saturated heterocycles. The van der Waals surface area contributed by atoms with E-state index < -0.39 is 4.92 Å². The molecule has 0 aliphatic heterocycles. The predicted molar refractivity (Wildman–Crippen MR) is 112 cm³/mol. The van der Waals surface area contributed by atoms with E-state index in [1.807, 2.05) is 12.1 Å². The third kappa shape index (κ3) is 5.93. The molecule has 0 unspecified atom stereocenters. The highest BCUT2D eigenvalue weighted by molar-refractivity contribution is 7.99. The molecule has 0 atom stereocenters. The van der Waals surface area contributed by atoms with Crippen LogP contribution < -0.4 is 10.6 Å². The van der Waals surface area contributed by atoms with Gasteiger partial charge in [-0.2, -0.15) is 0 Å². The molecule has 9 nitrogen and oxygen atoms in total. The molecule has 29 heavy (non-hydrogen) atoms. The van der Waals surface area contributed by atoms with Crippen LogP contribution in [0.4, 0.5) is 11.4 Å². The second kappa shape index (κ2) is 9.89. The van der Waals surface area contributed by atoms with Gasteiger partial charge in [0.15, 0.2) is 5.16 Å². The van der Waals surface area contributed by atoms with E-state index in [0.717, 1.165) is 11.4 Å². The zero-order valence-corrected chi connectivity index (χ0v) is 16.7. The lowest BCUT2D eigenvalue weighted by Gasteiger charge is -2.08. The van der Waals surface area contributed by atoms with Crippen molar-refractivity contribution in [3.05, 3.63) is 70.0 Å². The van der Waals surface area contributed by atoms with E-state index in [-0.39, 0.29) is 17.3 Å². The van der Waals surface area contributed by atoms with E-state index in [4.69, 9.17) is 11.6 Å². The molecular formula is C18H17ClN6O3S. The Bertz CT molecular complexity index is 995. The van der Waals surface area contributed by atoms with Crippen LogP contribution in [-0.4, -0.2) is 44.4 Å². The summed E-state index contributed by atoms with van der Waals surface area (Å²) in [5.41, 5.74) is 1.60. The Hall–Kier alpha value is -3.11. The first kappa shape index (κ1) is 20.6. The molecule has 2 aromatic carbocycles. The minimum absolute atomic E-state index is 0.0338. The zero-order chi connectivity index (χ0) is 20.6. The van der Waals surface area contributed by atoms with Gasteiger partial charge >= 0.3 is 0 Å². The van der Waals surface area contributed by atoms with Crippen LogP contribution in [0.5, 0.6) is 0 Å². The molecule has 1 amide bonds. The molecule has 0 saturated carbocycles. The quantitative estimate of drug-likeness (QED) is 0.231. The Balaban J connectivity index is 1.42. The van der Waals surface area contributed by atoms with Crippen LogP contribution in [0.3, 0.4) is 0 Å². The van der Waals surface area contributed by atoms with Crippen molar-refractivity contribution in [2.24, 2.45) is 0 Å². The summed E-state index contributed by atoms with van der Waals surface area (Å²) in [6.07, 6.45) is 1.57. The van der Waals surface area contributed by atoms with Gasteiger partial charge < -0.3 is 10.6 Å². The number of carbonyl (C=O) groups is 1. The van der Waals surface area contributed by atoms with Gasteiger partial charge in [0.25, 0.3) is 5.69 Å². The summed E-state index contributed by atoms with van der Waals surface area (Å²) in [6.45, 7) is 0.907. The molecule has 2 N–H and O–H groups in total. The Morgan fingerprint density at radius 1 is 1.21 bits per heavy atom. The highest BCUT2D eigenvalue weighted by atomic mass is 35.5. The van der Waals surface area contributed by atoms with Gasteiger partial charge in [-0.1, -0.05) is 29.4 Å². The number of hydrogen-bond acceptors (Lipinski definition) is 7. The number of nitro groups is 1. The van der Waals surface area contributed by atoms with Crippen molar-refractivity contribution in [2.75, 3.05) is 24.2 Å². The lowest BCUT2D eigenvalue weighted by atomic mass is 10.3. The standard InChI is InChI=1S/C18H17ClN6O3S/c19-13-2-1-3-16(10-13)24-12-22-23-18(24)29-11-17(26)21-9-8-20-14-4-6-15(7-5-14)25(27)28/h1-7,10,12,20H,8-9,11H2,(H,21,26). The topological polar surface area (TPSA) is 115 Å². The average Bonchev–Trinajstić information content (AvgIpc) is 3.19. The van der Waals surface area contributed by atoms with Crippen LogP contribution in [-0.2, 0) is 4.79 Å². The number of aromatic nitrogens is 3. The number of halogens is 1. The molecule has 11 heteroatoms. The average molecular weight is 433 g/mol. The van der Waals surface area contributed by atoms with Gasteiger partial charge in [0.2, 0.25) is 5.91 Å². The van der Waals surface area contributed by atoms with E-state index in [2.05, 4.69) is 20.8 Å². The number of nitrogens with one attached hydrogen (secondary N) is 2. The molecule has 3 rings (SSSR count). The van der Waals surface area contributed by atoms with Crippen LogP contribution in [0.15, 0.2) is 60.0 Å². The van der Waals surface area contributed by atoms with Crippen molar-refractivity contribution < 1.29 is 9.72 Å². The second-order valence-electron chi connectivity index (χ2n) is 5.83. The van der Waals surface area contributed by atoms with Gasteiger partial charge in [-0.15, -0.1) is 10.2 Å². The fourth-order valence-electron chi connectivity index (χ4n) is 2.42. The number of hydrogen-bond donors (Lipinski definition) is 2. The van der Waals surface area contributed by atoms with Crippen molar-refractivity contribution in [2.45, 2.75) is 5.16 Å². The highest BCUT2D eigenvalue weighted by Gasteiger charge is 2.10. The van der Waals surface area contributed by atoms with Gasteiger partial charge in [-0.05, 0) is 30.3 Å². The third-order valence-corrected chi connectivity index (χ3v) is 4.97. The van der Waals surface area contributed by atoms with Crippen molar-refractivity contribution >= 4 is 40.6 Å². The largest absolute Gasteiger partial charge is 0.383 e. The lowest BCUT2D eigenvalue weighted by molar-refractivity contribution is -0.384. The summed E-state index contributed by atoms with van der Waals surface area (Å²) in [5.74, 6) is 0.0534. The van der Waals surface area contributed by atoms with Crippen LogP contribution in [0.25, 0.3) is 5.69 Å². The maximum Gasteiger partial charge on any atom is 0.269 e. The first-order chi connectivity index (χ1) is 14.0. The molecule has 1 heterocycles. The van der Waals surface area contributed by atoms with Crippen LogP contribution in [0.2, 0.25) is 5.02 Å². The Kier molecular flexibility index (Phi) is 7.04. The molecule has 0 aliphatic carbocycles. The van der Waals surface area contributed by atoms with E-state index >= 15 is 0 Å². The molecule has 0 radical (unpaired) electrons. The number of carbonyl (C=O) groups excluding carboxylic acids is 1. The van der Waals surface area contributed by atoms with Crippen LogP contribution >= 0.6 is 23.4 Å². The lowest BCUT2D eigenvalue weighted by Crippen LogP contribution is -2.30. The van der Waals surface area contributed by atoms with Crippen molar-refractivity contribution in [1.29, 1.82) is 0 Å². The van der Waals surface area contributed by atoms with Gasteiger partial charge in [-0.3, -0.25) is 19.5 Å². The highest BCUT2D eigenvalue weighted by Crippen LogP contribution is 2.21. The van der Waals surface area contributed by atoms with Crippen molar-refractivity contribution in [1.82, 2.24) is 20.1 Å². The summed E-state index contributed by atoms with van der Waals surface area (Å²) in [4.78, 5) is 22.2. The number of non-ortho nitro benzene ring substituents is 1. The fourth-order valence-corrected chi connectivity index (χ4v) is 3.36. The monoisotopic (exact) mass is 432 g/mol. The number of anilines is 1. The first-order valence-electron chi connectivity index (χ1n) is 8.57. The maximum absolute atomic E-state index is 12.1. The van der Waals surface area contributed by atoms with Crippen molar-refractivity contribution in [3.8, 4) is 5.69 Å². The number of rotatable bonds is 9. The molecule has 1 aromatic heterocycles. The van der Waals surface area contributed by atoms with Crippen LogP contribution in [0, 0.1) is 10.1 Å². The molecule has 0 fully saturated rings. The van der Waals surface area contributed by atoms with Crippen LogP contribution in [0.1, 0.15) is 0 Å². The van der Waals surface area contributed by atoms with E-state index in [1.165, 1.54) is 23.9 Å². The van der Waals surface area contributed by atoms with Crippen molar-refractivity contribution in [3.63, 3.8) is 0 Å². The maximum atomic E-state index is 12.1. The number of nitro benzene ring substituents is 1. The normalized spacial score (nSPS) is 10.5.